The summed E-state index contributed by atoms with van der Waals surface area (Å²) >= 11 is -0.522. The summed E-state index contributed by atoms with van der Waals surface area (Å²) in [4.78, 5) is 3.68. The minimum absolute atomic E-state index is 0.182. The monoisotopic (exact) mass is 428 g/mol. The summed E-state index contributed by atoms with van der Waals surface area (Å²) in [7, 11) is -3.96. The Hall–Kier alpha value is -2.04. The summed E-state index contributed by atoms with van der Waals surface area (Å²) in [5, 5.41) is 9.68. The van der Waals surface area contributed by atoms with Gasteiger partial charge in [0.1, 0.15) is 11.3 Å². The van der Waals surface area contributed by atoms with Gasteiger partial charge in [0.05, 0.1) is 16.7 Å². The van der Waals surface area contributed by atoms with Crippen LogP contribution in [-0.2, 0) is 15.4 Å². The zero-order valence-corrected chi connectivity index (χ0v) is 16.2. The number of halogens is 3. The van der Waals surface area contributed by atoms with E-state index < -0.39 is 55.6 Å². The van der Waals surface area contributed by atoms with E-state index in [1.54, 1.807) is 12.1 Å². The molecule has 0 saturated heterocycles. The SMILES string of the molecule is CS(=O)(=O)c1nc2cc(F)c(-c3ccc(C4(O)CCC4)cc3)c(F)c2n1SF. The van der Waals surface area contributed by atoms with E-state index in [1.165, 1.54) is 12.1 Å². The molecule has 148 valence electrons. The molecule has 0 unspecified atom stereocenters. The van der Waals surface area contributed by atoms with Crippen molar-refractivity contribution in [2.24, 2.45) is 0 Å². The number of aliphatic hydroxyl groups is 1. The van der Waals surface area contributed by atoms with E-state index in [0.29, 0.717) is 22.4 Å². The highest BCUT2D eigenvalue weighted by Crippen LogP contribution is 2.42. The molecule has 0 bridgehead atoms. The average molecular weight is 428 g/mol. The molecule has 0 radical (unpaired) electrons. The van der Waals surface area contributed by atoms with Crippen LogP contribution in [-0.4, -0.2) is 28.7 Å². The molecular weight excluding hydrogens is 413 g/mol. The fraction of sp³-hybridized carbons (Fsp3) is 0.278. The first-order chi connectivity index (χ1) is 13.2. The molecule has 1 aromatic heterocycles. The molecule has 0 spiro atoms. The van der Waals surface area contributed by atoms with Crippen molar-refractivity contribution in [1.82, 2.24) is 8.96 Å². The highest BCUT2D eigenvalue weighted by Gasteiger charge is 2.36. The molecular formula is C18H15F3N2O3S2. The molecule has 1 N–H and O–H groups in total. The number of hydrogen-bond acceptors (Lipinski definition) is 5. The van der Waals surface area contributed by atoms with Crippen LogP contribution in [0, 0.1) is 11.6 Å². The second-order valence-corrected chi connectivity index (χ2v) is 9.32. The third-order valence-electron chi connectivity index (χ3n) is 5.06. The van der Waals surface area contributed by atoms with Gasteiger partial charge in [-0.15, -0.1) is 3.89 Å². The average Bonchev–Trinajstić information content (AvgIpc) is 2.99. The first-order valence-corrected chi connectivity index (χ1v) is 10.9. The first-order valence-electron chi connectivity index (χ1n) is 8.38. The molecule has 1 saturated carbocycles. The van der Waals surface area contributed by atoms with E-state index in [2.05, 4.69) is 4.98 Å². The van der Waals surface area contributed by atoms with Crippen LogP contribution in [0.5, 0.6) is 0 Å². The largest absolute Gasteiger partial charge is 0.385 e. The highest BCUT2D eigenvalue weighted by molar-refractivity contribution is 7.94. The number of sulfone groups is 1. The van der Waals surface area contributed by atoms with Crippen molar-refractivity contribution in [2.75, 3.05) is 6.26 Å². The Bertz CT molecular complexity index is 1190. The smallest absolute Gasteiger partial charge is 0.240 e. The van der Waals surface area contributed by atoms with Crippen LogP contribution < -0.4 is 0 Å². The van der Waals surface area contributed by atoms with Gasteiger partial charge >= 0.3 is 0 Å². The third kappa shape index (κ3) is 2.90. The number of aromatic nitrogens is 2. The standard InChI is InChI=1S/C18H15F3N2O3S2/c1-28(25,26)17-22-13-9-12(19)14(15(20)16(13)23(17)27-21)10-3-5-11(6-4-10)18(24)7-2-8-18/h3-6,9,24H,2,7-8H2,1H3. The molecule has 0 amide bonds. The van der Waals surface area contributed by atoms with Crippen LogP contribution >= 0.6 is 12.3 Å². The molecule has 5 nitrogen and oxygen atoms in total. The predicted molar refractivity (Wildman–Crippen MR) is 100 cm³/mol. The Labute approximate surface area is 163 Å². The summed E-state index contributed by atoms with van der Waals surface area (Å²) in [5.41, 5.74) is -1.24. The Morgan fingerprint density at radius 3 is 2.36 bits per heavy atom. The van der Waals surface area contributed by atoms with Crippen LogP contribution in [0.4, 0.5) is 12.7 Å². The molecule has 4 rings (SSSR count). The second kappa shape index (κ2) is 6.50. The van der Waals surface area contributed by atoms with Crippen LogP contribution in [0.3, 0.4) is 0 Å². The third-order valence-corrected chi connectivity index (χ3v) is 6.60. The lowest BCUT2D eigenvalue weighted by Crippen LogP contribution is -2.33. The fourth-order valence-corrected chi connectivity index (χ4v) is 4.92. The summed E-state index contributed by atoms with van der Waals surface area (Å²) < 4.78 is 67.3. The topological polar surface area (TPSA) is 72.2 Å². The zero-order chi connectivity index (χ0) is 20.3. The number of benzene rings is 2. The Balaban J connectivity index is 1.90. The molecule has 0 atom stereocenters. The van der Waals surface area contributed by atoms with Crippen LogP contribution in [0.1, 0.15) is 24.8 Å². The lowest BCUT2D eigenvalue weighted by Gasteiger charge is -2.37. The molecule has 1 aliphatic rings. The minimum Gasteiger partial charge on any atom is -0.385 e. The quantitative estimate of drug-likeness (QED) is 0.676. The maximum atomic E-state index is 15.2. The van der Waals surface area contributed by atoms with Crippen LogP contribution in [0.25, 0.3) is 22.2 Å². The molecule has 3 aromatic rings. The maximum Gasteiger partial charge on any atom is 0.240 e. The van der Waals surface area contributed by atoms with Crippen molar-refractivity contribution >= 4 is 33.2 Å². The number of rotatable bonds is 4. The minimum atomic E-state index is -3.96. The Kier molecular flexibility index (Phi) is 4.48. The van der Waals surface area contributed by atoms with E-state index in [4.69, 9.17) is 0 Å². The lowest BCUT2D eigenvalue weighted by molar-refractivity contribution is -0.0387. The van der Waals surface area contributed by atoms with Gasteiger partial charge in [0.15, 0.2) is 18.2 Å². The number of nitrogens with zero attached hydrogens (tertiary/aromatic N) is 2. The maximum absolute atomic E-state index is 15.2. The van der Waals surface area contributed by atoms with Gasteiger partial charge in [-0.1, -0.05) is 24.3 Å². The summed E-state index contributed by atoms with van der Waals surface area (Å²) in [5.74, 6) is -2.06. The lowest BCUT2D eigenvalue weighted by atomic mass is 9.75. The van der Waals surface area contributed by atoms with E-state index >= 15 is 4.39 Å². The number of hydrogen-bond donors (Lipinski definition) is 1. The molecule has 0 aliphatic heterocycles. The molecule has 2 aromatic carbocycles. The van der Waals surface area contributed by atoms with Gasteiger partial charge in [0.25, 0.3) is 0 Å². The van der Waals surface area contributed by atoms with Gasteiger partial charge in [0, 0.05) is 12.3 Å². The van der Waals surface area contributed by atoms with E-state index in [-0.39, 0.29) is 11.1 Å². The van der Waals surface area contributed by atoms with E-state index in [9.17, 15) is 21.8 Å². The number of fused-ring (bicyclic) bond motifs is 1. The van der Waals surface area contributed by atoms with Crippen molar-refractivity contribution in [3.05, 3.63) is 47.5 Å². The molecule has 1 aliphatic carbocycles. The Morgan fingerprint density at radius 1 is 1.21 bits per heavy atom. The first kappa shape index (κ1) is 19.3. The fourth-order valence-electron chi connectivity index (χ4n) is 3.43. The van der Waals surface area contributed by atoms with Crippen LogP contribution in [0.2, 0.25) is 0 Å². The van der Waals surface area contributed by atoms with Gasteiger partial charge in [0.2, 0.25) is 15.0 Å². The van der Waals surface area contributed by atoms with E-state index in [1.807, 2.05) is 0 Å². The molecule has 1 fully saturated rings. The molecule has 1 heterocycles. The van der Waals surface area contributed by atoms with Crippen molar-refractivity contribution < 1.29 is 26.2 Å². The van der Waals surface area contributed by atoms with Crippen molar-refractivity contribution in [3.63, 3.8) is 0 Å². The Morgan fingerprint density at radius 2 is 1.86 bits per heavy atom. The molecule has 10 heteroatoms. The van der Waals surface area contributed by atoms with E-state index in [0.717, 1.165) is 18.7 Å². The van der Waals surface area contributed by atoms with Crippen molar-refractivity contribution in [1.29, 1.82) is 0 Å². The van der Waals surface area contributed by atoms with Crippen LogP contribution in [0.15, 0.2) is 35.5 Å². The zero-order valence-electron chi connectivity index (χ0n) is 14.6. The summed E-state index contributed by atoms with van der Waals surface area (Å²) in [6.45, 7) is 0. The van der Waals surface area contributed by atoms with Gasteiger partial charge in [-0.05, 0) is 30.4 Å². The van der Waals surface area contributed by atoms with Gasteiger partial charge in [-0.25, -0.2) is 26.2 Å². The van der Waals surface area contributed by atoms with Gasteiger partial charge in [-0.2, -0.15) is 0 Å². The highest BCUT2D eigenvalue weighted by atomic mass is 32.2. The summed E-state index contributed by atoms with van der Waals surface area (Å²) in [6, 6.07) is 7.02. The predicted octanol–water partition coefficient (Wildman–Crippen LogP) is 4.14. The van der Waals surface area contributed by atoms with Crippen molar-refractivity contribution in [3.8, 4) is 11.1 Å². The molecule has 28 heavy (non-hydrogen) atoms. The summed E-state index contributed by atoms with van der Waals surface area (Å²) in [6.07, 6.45) is 2.97. The van der Waals surface area contributed by atoms with Crippen molar-refractivity contribution in [2.45, 2.75) is 30.0 Å². The normalized spacial score (nSPS) is 16.3. The van der Waals surface area contributed by atoms with Gasteiger partial charge < -0.3 is 5.11 Å². The second-order valence-electron chi connectivity index (χ2n) is 6.91. The number of imidazole rings is 1. The van der Waals surface area contributed by atoms with Gasteiger partial charge in [-0.3, -0.25) is 0 Å².